The average molecular weight is 363 g/mol. The fraction of sp³-hybridized carbons (Fsp3) is 0.333. The minimum absolute atomic E-state index is 0.0846. The second-order valence-electron chi connectivity index (χ2n) is 3.05. The number of alkyl halides is 6. The summed E-state index contributed by atoms with van der Waals surface area (Å²) in [7, 11) is -13.5. The van der Waals surface area contributed by atoms with E-state index in [2.05, 4.69) is 0 Å². The van der Waals surface area contributed by atoms with Gasteiger partial charge in [-0.15, -0.1) is 15.0 Å². The predicted octanol–water partition coefficient (Wildman–Crippen LogP) is 2.25. The maximum Gasteiger partial charge on any atom is 0.517 e. The van der Waals surface area contributed by atoms with Gasteiger partial charge in [0.2, 0.25) is 0 Å². The first-order chi connectivity index (χ1) is 8.73. The molecule has 0 saturated heterocycles. The van der Waals surface area contributed by atoms with Gasteiger partial charge in [-0.3, -0.25) is 0 Å². The van der Waals surface area contributed by atoms with Crippen molar-refractivity contribution >= 4 is 36.4 Å². The molecule has 0 N–H and O–H groups in total. The average Bonchev–Trinajstić information content (AvgIpc) is 2.66. The SMILES string of the molecule is O=S(=O)(N(c1cccs1)S(=O)(=O)C(F)(F)F)C(F)(F)F. The number of rotatable bonds is 3. The summed E-state index contributed by atoms with van der Waals surface area (Å²) < 4.78 is 117. The summed E-state index contributed by atoms with van der Waals surface area (Å²) in [5, 5.41) is -0.334. The van der Waals surface area contributed by atoms with E-state index >= 15 is 0 Å². The van der Waals surface area contributed by atoms with Gasteiger partial charge in [0.05, 0.1) is 0 Å². The molecule has 0 radical (unpaired) electrons. The van der Waals surface area contributed by atoms with Crippen LogP contribution in [-0.4, -0.2) is 27.9 Å². The van der Waals surface area contributed by atoms with E-state index < -0.39 is 39.8 Å². The minimum atomic E-state index is -6.77. The molecule has 0 spiro atoms. The van der Waals surface area contributed by atoms with Crippen molar-refractivity contribution in [1.29, 1.82) is 0 Å². The highest BCUT2D eigenvalue weighted by Crippen LogP contribution is 2.40. The number of hydrogen-bond acceptors (Lipinski definition) is 5. The number of nitrogens with zero attached hydrogens (tertiary/aromatic N) is 1. The Hall–Kier alpha value is -1.02. The summed E-state index contributed by atoms with van der Waals surface area (Å²) >= 11 is 0.0846. The number of sulfonamides is 2. The zero-order valence-electron chi connectivity index (χ0n) is 8.80. The summed E-state index contributed by atoms with van der Waals surface area (Å²) in [4.78, 5) is 0. The molecule has 0 aliphatic heterocycles. The van der Waals surface area contributed by atoms with E-state index in [1.54, 1.807) is 0 Å². The second kappa shape index (κ2) is 4.77. The molecule has 5 nitrogen and oxygen atoms in total. The van der Waals surface area contributed by atoms with E-state index in [1.165, 1.54) is 0 Å². The lowest BCUT2D eigenvalue weighted by molar-refractivity contribution is -0.0462. The molecule has 0 bridgehead atoms. The molecule has 0 saturated carbocycles. The van der Waals surface area contributed by atoms with Gasteiger partial charge >= 0.3 is 31.1 Å². The number of thiophene rings is 1. The number of halogens is 6. The minimum Gasteiger partial charge on any atom is -0.196 e. The Morgan fingerprint density at radius 2 is 1.30 bits per heavy atom. The van der Waals surface area contributed by atoms with Crippen molar-refractivity contribution in [3.8, 4) is 0 Å². The molecule has 1 aromatic rings. The zero-order chi connectivity index (χ0) is 16.0. The lowest BCUT2D eigenvalue weighted by Gasteiger charge is -2.23. The van der Waals surface area contributed by atoms with Crippen LogP contribution in [0.25, 0.3) is 0 Å². The Labute approximate surface area is 112 Å². The summed E-state index contributed by atoms with van der Waals surface area (Å²) in [6, 6.07) is 1.39. The van der Waals surface area contributed by atoms with Gasteiger partial charge in [0.15, 0.2) is 0 Å². The van der Waals surface area contributed by atoms with Gasteiger partial charge in [-0.05, 0) is 17.5 Å². The van der Waals surface area contributed by atoms with E-state index in [-0.39, 0.29) is 11.3 Å². The third-order valence-electron chi connectivity index (χ3n) is 1.71. The first kappa shape index (κ1) is 17.0. The molecule has 14 heteroatoms. The van der Waals surface area contributed by atoms with E-state index in [0.29, 0.717) is 6.07 Å². The Morgan fingerprint density at radius 3 is 1.55 bits per heavy atom. The van der Waals surface area contributed by atoms with E-state index in [4.69, 9.17) is 0 Å². The second-order valence-corrected chi connectivity index (χ2v) is 7.76. The predicted molar refractivity (Wildman–Crippen MR) is 56.7 cm³/mol. The first-order valence-electron chi connectivity index (χ1n) is 4.19. The van der Waals surface area contributed by atoms with Crippen LogP contribution >= 0.6 is 11.3 Å². The van der Waals surface area contributed by atoms with Gasteiger partial charge in [0.25, 0.3) is 0 Å². The molecule has 0 aliphatic carbocycles. The van der Waals surface area contributed by atoms with Gasteiger partial charge in [0, 0.05) is 0 Å². The lowest BCUT2D eigenvalue weighted by Crippen LogP contribution is -2.49. The summed E-state index contributed by atoms with van der Waals surface area (Å²) in [6.07, 6.45) is 0. The summed E-state index contributed by atoms with van der Waals surface area (Å²) in [5.74, 6) is 0. The van der Waals surface area contributed by atoms with Crippen molar-refractivity contribution < 1.29 is 43.2 Å². The topological polar surface area (TPSA) is 71.5 Å². The number of anilines is 1. The standard InChI is InChI=1S/C6H3F6NO4S3/c7-5(8,9)19(14,15)13(4-2-1-3-18-4)20(16,17)6(10,11)12/h1-3H. The monoisotopic (exact) mass is 363 g/mol. The van der Waals surface area contributed by atoms with Crippen LogP contribution in [0.4, 0.5) is 31.3 Å². The molecule has 1 heterocycles. The van der Waals surface area contributed by atoms with Crippen molar-refractivity contribution in [1.82, 2.24) is 0 Å². The van der Waals surface area contributed by atoms with Gasteiger partial charge in [-0.25, -0.2) is 0 Å². The molecular weight excluding hydrogens is 360 g/mol. The van der Waals surface area contributed by atoms with Crippen molar-refractivity contribution in [2.24, 2.45) is 0 Å². The lowest BCUT2D eigenvalue weighted by atomic mass is 10.6. The largest absolute Gasteiger partial charge is 0.517 e. The highest BCUT2D eigenvalue weighted by atomic mass is 32.3. The van der Waals surface area contributed by atoms with Crippen LogP contribution in [0.15, 0.2) is 17.5 Å². The third kappa shape index (κ3) is 2.71. The molecule has 116 valence electrons. The van der Waals surface area contributed by atoms with Gasteiger partial charge in [-0.1, -0.05) is 0 Å². The normalized spacial score (nSPS) is 14.3. The molecule has 0 amide bonds. The molecule has 1 aromatic heterocycles. The molecule has 1 rings (SSSR count). The molecule has 20 heavy (non-hydrogen) atoms. The molecule has 0 atom stereocenters. The van der Waals surface area contributed by atoms with Crippen LogP contribution in [0.1, 0.15) is 0 Å². The van der Waals surface area contributed by atoms with Crippen LogP contribution in [0, 0.1) is 0 Å². The Bertz CT molecular complexity index is 627. The molecule has 0 fully saturated rings. The molecule has 0 aromatic carbocycles. The van der Waals surface area contributed by atoms with Gasteiger partial charge in [0.1, 0.15) is 5.00 Å². The van der Waals surface area contributed by atoms with E-state index in [0.717, 1.165) is 11.4 Å². The smallest absolute Gasteiger partial charge is 0.196 e. The molecule has 0 aliphatic rings. The van der Waals surface area contributed by atoms with Gasteiger partial charge in [-0.2, -0.15) is 43.2 Å². The number of hydrogen-bond donors (Lipinski definition) is 0. The maximum absolute atomic E-state index is 12.3. The Morgan fingerprint density at radius 1 is 0.900 bits per heavy atom. The highest BCUT2D eigenvalue weighted by molar-refractivity contribution is 8.11. The molecule has 0 unspecified atom stereocenters. The van der Waals surface area contributed by atoms with Crippen LogP contribution in [0.2, 0.25) is 0 Å². The third-order valence-corrected chi connectivity index (χ3v) is 6.41. The van der Waals surface area contributed by atoms with Crippen molar-refractivity contribution in [3.05, 3.63) is 17.5 Å². The Balaban J connectivity index is 3.66. The van der Waals surface area contributed by atoms with Crippen molar-refractivity contribution in [3.63, 3.8) is 0 Å². The van der Waals surface area contributed by atoms with Crippen LogP contribution in [0.5, 0.6) is 0 Å². The van der Waals surface area contributed by atoms with E-state index in [1.807, 2.05) is 0 Å². The zero-order valence-corrected chi connectivity index (χ0v) is 11.3. The van der Waals surface area contributed by atoms with Crippen LogP contribution in [0.3, 0.4) is 0 Å². The van der Waals surface area contributed by atoms with E-state index in [9.17, 15) is 43.2 Å². The highest BCUT2D eigenvalue weighted by Gasteiger charge is 2.62. The van der Waals surface area contributed by atoms with Crippen molar-refractivity contribution in [2.75, 3.05) is 3.71 Å². The fourth-order valence-electron chi connectivity index (χ4n) is 0.928. The van der Waals surface area contributed by atoms with Crippen LogP contribution in [-0.2, 0) is 20.0 Å². The van der Waals surface area contributed by atoms with Crippen LogP contribution < -0.4 is 3.71 Å². The Kier molecular flexibility index (Phi) is 4.06. The van der Waals surface area contributed by atoms with Gasteiger partial charge < -0.3 is 0 Å². The quantitative estimate of drug-likeness (QED) is 0.773. The fourth-order valence-corrected chi connectivity index (χ4v) is 4.83. The first-order valence-corrected chi connectivity index (χ1v) is 7.95. The molecular formula is C6H3F6NO4S3. The maximum atomic E-state index is 12.3. The summed E-state index contributed by atoms with van der Waals surface area (Å²) in [5.41, 5.74) is -12.4. The summed E-state index contributed by atoms with van der Waals surface area (Å²) in [6.45, 7) is 0. The van der Waals surface area contributed by atoms with Crippen molar-refractivity contribution in [2.45, 2.75) is 11.0 Å².